The molecule has 1 aromatic rings. The molecule has 3 N–H and O–H groups in total. The molecular formula is C21H33NO4. The molecule has 0 atom stereocenters. The molecule has 0 radical (unpaired) electrons. The number of carboxylic acid groups (broad SMARTS) is 1. The molecule has 5 heteroatoms. The molecule has 0 aliphatic carbocycles. The van der Waals surface area contributed by atoms with Crippen molar-refractivity contribution >= 4 is 17.6 Å². The first-order valence-corrected chi connectivity index (χ1v) is 9.90. The van der Waals surface area contributed by atoms with Gasteiger partial charge in [-0.25, -0.2) is 4.79 Å². The third kappa shape index (κ3) is 9.44. The smallest absolute Gasteiger partial charge is 0.339 e. The highest BCUT2D eigenvalue weighted by molar-refractivity contribution is 5.95. The lowest BCUT2D eigenvalue weighted by molar-refractivity contribution is -0.116. The quantitative estimate of drug-likeness (QED) is 0.291. The Morgan fingerprint density at radius 3 is 1.96 bits per heavy atom. The molecule has 1 rings (SSSR count). The van der Waals surface area contributed by atoms with E-state index >= 15 is 0 Å². The summed E-state index contributed by atoms with van der Waals surface area (Å²) in [6.07, 6.45) is 14.0. The summed E-state index contributed by atoms with van der Waals surface area (Å²) in [6.45, 7) is 2.23. The van der Waals surface area contributed by atoms with Crippen molar-refractivity contribution in [2.45, 2.75) is 84.0 Å². The molecule has 0 heterocycles. The number of carboxylic acids is 1. The number of hydrogen-bond acceptors (Lipinski definition) is 3. The number of unbranched alkanes of at least 4 members (excludes halogenated alkanes) is 10. The van der Waals surface area contributed by atoms with E-state index in [4.69, 9.17) is 5.11 Å². The molecule has 1 amide bonds. The van der Waals surface area contributed by atoms with Crippen LogP contribution < -0.4 is 5.32 Å². The predicted molar refractivity (Wildman–Crippen MR) is 105 cm³/mol. The molecule has 26 heavy (non-hydrogen) atoms. The first kappa shape index (κ1) is 22.0. The van der Waals surface area contributed by atoms with Crippen LogP contribution in [0.25, 0.3) is 0 Å². The summed E-state index contributed by atoms with van der Waals surface area (Å²) in [5.74, 6) is -1.65. The molecule has 5 nitrogen and oxygen atoms in total. The van der Waals surface area contributed by atoms with Crippen molar-refractivity contribution in [3.05, 3.63) is 23.8 Å². The Morgan fingerprint density at radius 2 is 1.42 bits per heavy atom. The zero-order valence-electron chi connectivity index (χ0n) is 15.9. The van der Waals surface area contributed by atoms with Crippen LogP contribution in [-0.4, -0.2) is 22.1 Å². The second-order valence-electron chi connectivity index (χ2n) is 6.87. The van der Waals surface area contributed by atoms with Gasteiger partial charge in [0, 0.05) is 12.1 Å². The Bertz CT molecular complexity index is 557. The van der Waals surface area contributed by atoms with Crippen molar-refractivity contribution in [2.75, 3.05) is 5.32 Å². The zero-order chi connectivity index (χ0) is 19.2. The summed E-state index contributed by atoms with van der Waals surface area (Å²) in [6, 6.07) is 4.05. The fourth-order valence-corrected chi connectivity index (χ4v) is 2.96. The summed E-state index contributed by atoms with van der Waals surface area (Å²) in [5, 5.41) is 21.1. The van der Waals surface area contributed by atoms with Crippen molar-refractivity contribution < 1.29 is 19.8 Å². The number of benzene rings is 1. The highest BCUT2D eigenvalue weighted by Gasteiger charge is 2.11. The fraction of sp³-hybridized carbons (Fsp3) is 0.619. The second kappa shape index (κ2) is 13.2. The standard InChI is InChI=1S/C21H33NO4/c1-2-3-4-5-6-7-8-9-10-11-12-13-20(24)22-17-14-15-19(23)18(16-17)21(25)26/h14-16,23H,2-13H2,1H3,(H,22,24)(H,25,26). The second-order valence-corrected chi connectivity index (χ2v) is 6.87. The van der Waals surface area contributed by atoms with E-state index in [-0.39, 0.29) is 17.2 Å². The molecule has 0 fully saturated rings. The van der Waals surface area contributed by atoms with Crippen LogP contribution in [0.4, 0.5) is 5.69 Å². The number of hydrogen-bond donors (Lipinski definition) is 3. The molecule has 0 unspecified atom stereocenters. The van der Waals surface area contributed by atoms with Crippen molar-refractivity contribution in [3.8, 4) is 5.75 Å². The van der Waals surface area contributed by atoms with E-state index in [0.717, 1.165) is 19.3 Å². The molecule has 1 aromatic carbocycles. The number of aromatic hydroxyl groups is 1. The van der Waals surface area contributed by atoms with E-state index < -0.39 is 5.97 Å². The number of carbonyl (C=O) groups excluding carboxylic acids is 1. The Morgan fingerprint density at radius 1 is 0.885 bits per heavy atom. The lowest BCUT2D eigenvalue weighted by Crippen LogP contribution is -2.11. The van der Waals surface area contributed by atoms with Crippen molar-refractivity contribution in [3.63, 3.8) is 0 Å². The molecule has 0 aromatic heterocycles. The van der Waals surface area contributed by atoms with E-state index in [9.17, 15) is 14.7 Å². The summed E-state index contributed by atoms with van der Waals surface area (Å²) in [5.41, 5.74) is 0.186. The van der Waals surface area contributed by atoms with E-state index in [1.165, 1.54) is 69.6 Å². The lowest BCUT2D eigenvalue weighted by Gasteiger charge is -2.07. The van der Waals surface area contributed by atoms with E-state index in [1.54, 1.807) is 0 Å². The van der Waals surface area contributed by atoms with Gasteiger partial charge in [-0.2, -0.15) is 0 Å². The third-order valence-corrected chi connectivity index (χ3v) is 4.52. The van der Waals surface area contributed by atoms with Gasteiger partial charge in [0.15, 0.2) is 0 Å². The van der Waals surface area contributed by atoms with Crippen LogP contribution in [0.1, 0.15) is 94.3 Å². The zero-order valence-corrected chi connectivity index (χ0v) is 15.9. The molecule has 0 aliphatic rings. The Kier molecular flexibility index (Phi) is 11.2. The van der Waals surface area contributed by atoms with Crippen molar-refractivity contribution in [1.82, 2.24) is 0 Å². The average Bonchev–Trinajstić information content (AvgIpc) is 2.61. The molecule has 0 saturated heterocycles. The number of rotatable bonds is 14. The summed E-state index contributed by atoms with van der Waals surface area (Å²) < 4.78 is 0. The predicted octanol–water partition coefficient (Wildman–Crippen LogP) is 5.73. The normalized spacial score (nSPS) is 10.7. The van der Waals surface area contributed by atoms with Gasteiger partial charge in [0.05, 0.1) is 0 Å². The number of amides is 1. The first-order valence-electron chi connectivity index (χ1n) is 9.90. The van der Waals surface area contributed by atoms with E-state index in [1.807, 2.05) is 0 Å². The first-order chi connectivity index (χ1) is 12.5. The van der Waals surface area contributed by atoms with E-state index in [0.29, 0.717) is 12.1 Å². The minimum absolute atomic E-state index is 0.122. The maximum absolute atomic E-state index is 11.9. The average molecular weight is 363 g/mol. The van der Waals surface area contributed by atoms with Crippen LogP contribution in [-0.2, 0) is 4.79 Å². The van der Waals surface area contributed by atoms with Gasteiger partial charge in [-0.15, -0.1) is 0 Å². The molecular weight excluding hydrogens is 330 g/mol. The monoisotopic (exact) mass is 363 g/mol. The highest BCUT2D eigenvalue weighted by Crippen LogP contribution is 2.21. The van der Waals surface area contributed by atoms with Crippen LogP contribution in [0.2, 0.25) is 0 Å². The number of aromatic carboxylic acids is 1. The van der Waals surface area contributed by atoms with Crippen LogP contribution in [0.5, 0.6) is 5.75 Å². The summed E-state index contributed by atoms with van der Waals surface area (Å²) >= 11 is 0. The van der Waals surface area contributed by atoms with Gasteiger partial charge in [0.1, 0.15) is 11.3 Å². The van der Waals surface area contributed by atoms with Gasteiger partial charge < -0.3 is 15.5 Å². The fourth-order valence-electron chi connectivity index (χ4n) is 2.96. The van der Waals surface area contributed by atoms with Gasteiger partial charge in [-0.3, -0.25) is 4.79 Å². The van der Waals surface area contributed by atoms with Crippen LogP contribution in [0.15, 0.2) is 18.2 Å². The summed E-state index contributed by atoms with van der Waals surface area (Å²) in [4.78, 5) is 22.9. The van der Waals surface area contributed by atoms with Gasteiger partial charge in [-0.05, 0) is 24.6 Å². The van der Waals surface area contributed by atoms with E-state index in [2.05, 4.69) is 12.2 Å². The van der Waals surface area contributed by atoms with Crippen LogP contribution in [0.3, 0.4) is 0 Å². The van der Waals surface area contributed by atoms with Gasteiger partial charge in [-0.1, -0.05) is 71.1 Å². The third-order valence-electron chi connectivity index (χ3n) is 4.52. The van der Waals surface area contributed by atoms with Crippen LogP contribution >= 0.6 is 0 Å². The highest BCUT2D eigenvalue weighted by atomic mass is 16.4. The van der Waals surface area contributed by atoms with Gasteiger partial charge in [0.25, 0.3) is 0 Å². The minimum Gasteiger partial charge on any atom is -0.507 e. The number of carbonyl (C=O) groups is 2. The Hall–Kier alpha value is -2.04. The SMILES string of the molecule is CCCCCCCCCCCCCC(=O)Nc1ccc(O)c(C(=O)O)c1. The summed E-state index contributed by atoms with van der Waals surface area (Å²) in [7, 11) is 0. The molecule has 146 valence electrons. The largest absolute Gasteiger partial charge is 0.507 e. The molecule has 0 saturated carbocycles. The molecule has 0 spiro atoms. The number of phenols is 1. The topological polar surface area (TPSA) is 86.6 Å². The maximum atomic E-state index is 11.9. The van der Waals surface area contributed by atoms with Crippen LogP contribution in [0, 0.1) is 0 Å². The van der Waals surface area contributed by atoms with Gasteiger partial charge >= 0.3 is 5.97 Å². The molecule has 0 bridgehead atoms. The Labute approximate surface area is 156 Å². The lowest BCUT2D eigenvalue weighted by atomic mass is 10.1. The molecule has 0 aliphatic heterocycles. The van der Waals surface area contributed by atoms with Crippen molar-refractivity contribution in [2.24, 2.45) is 0 Å². The van der Waals surface area contributed by atoms with Crippen molar-refractivity contribution in [1.29, 1.82) is 0 Å². The number of anilines is 1. The number of nitrogens with one attached hydrogen (secondary N) is 1. The minimum atomic E-state index is -1.22. The Balaban J connectivity index is 2.09. The van der Waals surface area contributed by atoms with Gasteiger partial charge in [0.2, 0.25) is 5.91 Å². The maximum Gasteiger partial charge on any atom is 0.339 e.